The van der Waals surface area contributed by atoms with Crippen molar-refractivity contribution in [3.05, 3.63) is 11.6 Å². The van der Waals surface area contributed by atoms with Gasteiger partial charge in [0.2, 0.25) is 0 Å². The van der Waals surface area contributed by atoms with E-state index in [1.165, 1.54) is 24.8 Å². The Kier molecular flexibility index (Phi) is 9.17. The highest BCUT2D eigenvalue weighted by Gasteiger charge is 2.68. The van der Waals surface area contributed by atoms with Crippen LogP contribution in [-0.2, 0) is 23.7 Å². The van der Waals surface area contributed by atoms with Crippen LogP contribution in [0.15, 0.2) is 11.6 Å². The number of carbonyl (C=O) groups excluding carboxylic acids is 1. The lowest BCUT2D eigenvalue weighted by Crippen LogP contribution is -2.66. The first-order valence-electron chi connectivity index (χ1n) is 18.2. The Morgan fingerprint density at radius 2 is 1.87 bits per heavy atom. The summed E-state index contributed by atoms with van der Waals surface area (Å²) in [6, 6.07) is -1.19. The van der Waals surface area contributed by atoms with Crippen molar-refractivity contribution in [1.29, 1.82) is 0 Å². The van der Waals surface area contributed by atoms with E-state index in [0.717, 1.165) is 38.7 Å². The molecule has 1 spiro atoms. The van der Waals surface area contributed by atoms with E-state index in [4.69, 9.17) is 18.9 Å². The summed E-state index contributed by atoms with van der Waals surface area (Å²) in [6.45, 7) is 9.13. The third kappa shape index (κ3) is 5.46. The molecule has 1 amide bonds. The van der Waals surface area contributed by atoms with Gasteiger partial charge in [-0.1, -0.05) is 39.3 Å². The molecule has 11 heteroatoms. The van der Waals surface area contributed by atoms with Crippen LogP contribution in [0.4, 0.5) is 0 Å². The zero-order chi connectivity index (χ0) is 33.5. The molecule has 6 N–H and O–H groups in total. The van der Waals surface area contributed by atoms with Gasteiger partial charge in [0.1, 0.15) is 24.4 Å². The van der Waals surface area contributed by atoms with Crippen molar-refractivity contribution in [2.24, 2.45) is 46.3 Å². The Balaban J connectivity index is 1.05. The molecular weight excluding hydrogens is 606 g/mol. The summed E-state index contributed by atoms with van der Waals surface area (Å²) in [6.07, 6.45) is 4.77. The van der Waals surface area contributed by atoms with Crippen LogP contribution in [0.25, 0.3) is 0 Å². The third-order valence-electron chi connectivity index (χ3n) is 14.3. The molecule has 3 heterocycles. The molecule has 0 bridgehead atoms. The normalized spacial score (nSPS) is 53.0. The number of aliphatic hydroxyl groups is 5. The van der Waals surface area contributed by atoms with E-state index in [2.05, 4.69) is 39.1 Å². The molecule has 3 aliphatic heterocycles. The number of amides is 1. The molecule has 7 aliphatic rings. The van der Waals surface area contributed by atoms with Crippen LogP contribution in [0.1, 0.15) is 85.5 Å². The smallest absolute Gasteiger partial charge is 0.251 e. The summed E-state index contributed by atoms with van der Waals surface area (Å²) in [5.41, 5.74) is 1.71. The number of hydrogen-bond donors (Lipinski definition) is 6. The predicted octanol–water partition coefficient (Wildman–Crippen LogP) is 2.02. The quantitative estimate of drug-likeness (QED) is 0.232. The van der Waals surface area contributed by atoms with E-state index in [0.29, 0.717) is 41.9 Å². The fourth-order valence-corrected chi connectivity index (χ4v) is 11.6. The fourth-order valence-electron chi connectivity index (χ4n) is 11.6. The number of ether oxygens (including phenoxy) is 4. The van der Waals surface area contributed by atoms with E-state index in [-0.39, 0.29) is 23.0 Å². The highest BCUT2D eigenvalue weighted by Crippen LogP contribution is 2.70. The van der Waals surface area contributed by atoms with Crippen LogP contribution in [0.5, 0.6) is 0 Å². The van der Waals surface area contributed by atoms with E-state index in [1.807, 2.05) is 0 Å². The van der Waals surface area contributed by atoms with Gasteiger partial charge in [-0.15, -0.1) is 0 Å². The lowest BCUT2D eigenvalue weighted by molar-refractivity contribution is -0.284. The number of carbonyl (C=O) groups is 1. The molecule has 17 atom stereocenters. The van der Waals surface area contributed by atoms with Crippen LogP contribution >= 0.6 is 0 Å². The van der Waals surface area contributed by atoms with E-state index < -0.39 is 61.7 Å². The largest absolute Gasteiger partial charge is 0.394 e. The van der Waals surface area contributed by atoms with Crippen molar-refractivity contribution in [2.75, 3.05) is 19.8 Å². The van der Waals surface area contributed by atoms with Crippen LogP contribution in [0.3, 0.4) is 0 Å². The Bertz CT molecular complexity index is 1210. The SMILES string of the molecule is C[C@@H]1CC[C@@]2(OC1)O[C@H]1C[C@H]3[C@@H]4CC=C5C[C@@H](O[C@@H]6O[C@H](CO)[C@@H](O)[C@H](O)[C@H]6NC(=O)[C@@H](O)CO)CC[C@]5(C)[C@H]4CC[C@]3(C)[C@H]1[C@@H]2C. The molecular formula is C36H57NO10. The van der Waals surface area contributed by atoms with Gasteiger partial charge in [0.15, 0.2) is 18.2 Å². The average Bonchev–Trinajstić information content (AvgIpc) is 3.50. The lowest BCUT2D eigenvalue weighted by atomic mass is 9.47. The molecule has 3 saturated heterocycles. The van der Waals surface area contributed by atoms with Crippen LogP contribution < -0.4 is 5.32 Å². The Morgan fingerprint density at radius 3 is 2.57 bits per heavy atom. The van der Waals surface area contributed by atoms with Gasteiger partial charge in [-0.05, 0) is 91.8 Å². The zero-order valence-electron chi connectivity index (χ0n) is 28.4. The van der Waals surface area contributed by atoms with Crippen LogP contribution in [0, 0.1) is 46.3 Å². The summed E-state index contributed by atoms with van der Waals surface area (Å²) in [4.78, 5) is 12.4. The summed E-state index contributed by atoms with van der Waals surface area (Å²) < 4.78 is 25.7. The molecule has 4 aliphatic carbocycles. The zero-order valence-corrected chi connectivity index (χ0v) is 28.4. The van der Waals surface area contributed by atoms with Crippen molar-refractivity contribution in [3.8, 4) is 0 Å². The van der Waals surface area contributed by atoms with Crippen molar-refractivity contribution >= 4 is 5.91 Å². The van der Waals surface area contributed by atoms with Gasteiger partial charge in [-0.2, -0.15) is 0 Å². The minimum absolute atomic E-state index is 0.0632. The van der Waals surface area contributed by atoms with Gasteiger partial charge in [0.05, 0.1) is 32.0 Å². The summed E-state index contributed by atoms with van der Waals surface area (Å²) in [5, 5.41) is 52.6. The Labute approximate surface area is 278 Å². The monoisotopic (exact) mass is 663 g/mol. The van der Waals surface area contributed by atoms with Gasteiger partial charge in [0.25, 0.3) is 5.91 Å². The molecule has 0 aromatic heterocycles. The second-order valence-corrected chi connectivity index (χ2v) is 16.7. The van der Waals surface area contributed by atoms with Gasteiger partial charge < -0.3 is 49.8 Å². The number of aliphatic hydroxyl groups excluding tert-OH is 5. The summed E-state index contributed by atoms with van der Waals surface area (Å²) >= 11 is 0. The molecule has 7 rings (SSSR count). The van der Waals surface area contributed by atoms with Crippen LogP contribution in [0.2, 0.25) is 0 Å². The van der Waals surface area contributed by atoms with Crippen molar-refractivity contribution in [2.45, 2.75) is 140 Å². The first kappa shape index (κ1) is 34.3. The minimum atomic E-state index is -1.69. The second kappa shape index (κ2) is 12.6. The maximum absolute atomic E-state index is 12.4. The molecule has 3 saturated carbocycles. The number of rotatable bonds is 6. The maximum Gasteiger partial charge on any atom is 0.251 e. The Morgan fingerprint density at radius 1 is 1.09 bits per heavy atom. The van der Waals surface area contributed by atoms with Gasteiger partial charge in [-0.25, -0.2) is 0 Å². The van der Waals surface area contributed by atoms with Crippen LogP contribution in [-0.4, -0.2) is 106 Å². The standard InChI is InChI=1S/C36H57NO10/c1-18-7-12-36(44-17-18)19(2)28-26(47-36)14-24-22-6-5-20-13-21(8-10-34(20,3)23(22)9-11-35(24,28)4)45-33-29(37-32(43)25(40)15-38)31(42)30(41)27(16-39)46-33/h5,18-19,21-31,33,38-42H,6-17H2,1-4H3,(H,37,43)/t18-,19+,21+,22-,23+,24+,25+,26+,27-,28+,29-,30-,31-,33-,34+,35+,36-/m1/s1. The second-order valence-electron chi connectivity index (χ2n) is 16.7. The predicted molar refractivity (Wildman–Crippen MR) is 169 cm³/mol. The fraction of sp³-hybridized carbons (Fsp3) is 0.917. The highest BCUT2D eigenvalue weighted by atomic mass is 16.7. The number of hydrogen-bond acceptors (Lipinski definition) is 10. The van der Waals surface area contributed by atoms with E-state index in [9.17, 15) is 30.3 Å². The molecule has 0 aromatic carbocycles. The van der Waals surface area contributed by atoms with Gasteiger partial charge in [0, 0.05) is 12.3 Å². The molecule has 0 aromatic rings. The molecule has 11 nitrogen and oxygen atoms in total. The average molecular weight is 664 g/mol. The van der Waals surface area contributed by atoms with E-state index in [1.54, 1.807) is 0 Å². The molecule has 266 valence electrons. The Hall–Kier alpha value is -1.15. The molecule has 0 unspecified atom stereocenters. The molecule has 47 heavy (non-hydrogen) atoms. The van der Waals surface area contributed by atoms with Crippen molar-refractivity contribution < 1.29 is 49.3 Å². The summed E-state index contributed by atoms with van der Waals surface area (Å²) in [5.74, 6) is 2.05. The first-order valence-corrected chi connectivity index (χ1v) is 18.2. The highest BCUT2D eigenvalue weighted by molar-refractivity contribution is 5.81. The number of allylic oxidation sites excluding steroid dienone is 1. The molecule has 0 radical (unpaired) electrons. The minimum Gasteiger partial charge on any atom is -0.394 e. The lowest BCUT2D eigenvalue weighted by Gasteiger charge is -2.58. The van der Waals surface area contributed by atoms with E-state index >= 15 is 0 Å². The van der Waals surface area contributed by atoms with Gasteiger partial charge >= 0.3 is 0 Å². The number of nitrogens with one attached hydrogen (secondary N) is 1. The first-order chi connectivity index (χ1) is 22.3. The van der Waals surface area contributed by atoms with Crippen molar-refractivity contribution in [3.63, 3.8) is 0 Å². The topological polar surface area (TPSA) is 167 Å². The van der Waals surface area contributed by atoms with Gasteiger partial charge in [-0.3, -0.25) is 4.79 Å². The summed E-state index contributed by atoms with van der Waals surface area (Å²) in [7, 11) is 0. The van der Waals surface area contributed by atoms with Crippen molar-refractivity contribution in [1.82, 2.24) is 5.32 Å². The third-order valence-corrected chi connectivity index (χ3v) is 14.3. The molecule has 6 fully saturated rings. The number of fused-ring (bicyclic) bond motifs is 7. The maximum atomic E-state index is 12.4.